The Hall–Kier alpha value is -2.29. The predicted octanol–water partition coefficient (Wildman–Crippen LogP) is 3.10. The van der Waals surface area contributed by atoms with Crippen molar-refractivity contribution in [3.63, 3.8) is 0 Å². The highest BCUT2D eigenvalue weighted by molar-refractivity contribution is 5.93. The van der Waals surface area contributed by atoms with E-state index in [9.17, 15) is 4.79 Å². The van der Waals surface area contributed by atoms with Gasteiger partial charge in [0.1, 0.15) is 0 Å². The van der Waals surface area contributed by atoms with E-state index in [1.807, 2.05) is 42.5 Å². The molecule has 2 rings (SSSR count). The van der Waals surface area contributed by atoms with Crippen molar-refractivity contribution in [1.82, 2.24) is 5.32 Å². The van der Waals surface area contributed by atoms with Gasteiger partial charge in [-0.05, 0) is 29.1 Å². The van der Waals surface area contributed by atoms with Crippen LogP contribution in [0.4, 0.5) is 10.5 Å². The zero-order chi connectivity index (χ0) is 11.4. The molecule has 0 saturated carbocycles. The summed E-state index contributed by atoms with van der Waals surface area (Å²) >= 11 is 0. The van der Waals surface area contributed by atoms with Crippen LogP contribution in [0.2, 0.25) is 0 Å². The van der Waals surface area contributed by atoms with Crippen LogP contribution in [-0.4, -0.2) is 6.03 Å². The molecule has 0 spiro atoms. The van der Waals surface area contributed by atoms with E-state index in [2.05, 4.69) is 17.2 Å². The average Bonchev–Trinajstić information content (AvgIpc) is 2.29. The second kappa shape index (κ2) is 4.49. The maximum absolute atomic E-state index is 11.3. The van der Waals surface area contributed by atoms with Crippen LogP contribution in [0.5, 0.6) is 0 Å². The van der Waals surface area contributed by atoms with Gasteiger partial charge in [0.05, 0.1) is 0 Å². The molecule has 0 atom stereocenters. The Labute approximate surface area is 93.8 Å². The molecular weight excluding hydrogens is 200 g/mol. The van der Waals surface area contributed by atoms with E-state index < -0.39 is 0 Å². The van der Waals surface area contributed by atoms with Crippen LogP contribution in [0, 0.1) is 0 Å². The van der Waals surface area contributed by atoms with Crippen molar-refractivity contribution in [3.8, 4) is 0 Å². The summed E-state index contributed by atoms with van der Waals surface area (Å²) in [7, 11) is 0. The third-order valence-electron chi connectivity index (χ3n) is 2.24. The summed E-state index contributed by atoms with van der Waals surface area (Å²) < 4.78 is 0. The second-order valence-corrected chi connectivity index (χ2v) is 3.36. The minimum Gasteiger partial charge on any atom is -0.315 e. The molecule has 0 saturated heterocycles. The van der Waals surface area contributed by atoms with Crippen molar-refractivity contribution >= 4 is 22.5 Å². The topological polar surface area (TPSA) is 41.1 Å². The summed E-state index contributed by atoms with van der Waals surface area (Å²) in [5.74, 6) is 0. The Morgan fingerprint density at radius 3 is 2.62 bits per heavy atom. The molecule has 2 N–H and O–H groups in total. The third kappa shape index (κ3) is 2.20. The molecule has 16 heavy (non-hydrogen) atoms. The van der Waals surface area contributed by atoms with Crippen LogP contribution in [0.25, 0.3) is 10.8 Å². The molecule has 3 nitrogen and oxygen atoms in total. The standard InChI is InChI=1S/C13H12N2O/c1-2-14-13(16)15-12-8-7-10-5-3-4-6-11(10)9-12/h2-9H,1H2,(H2,14,15,16). The van der Waals surface area contributed by atoms with Crippen molar-refractivity contribution in [3.05, 3.63) is 55.2 Å². The van der Waals surface area contributed by atoms with E-state index in [-0.39, 0.29) is 6.03 Å². The average molecular weight is 212 g/mol. The first-order valence-corrected chi connectivity index (χ1v) is 4.97. The fraction of sp³-hybridized carbons (Fsp3) is 0. The Morgan fingerprint density at radius 2 is 1.88 bits per heavy atom. The largest absolute Gasteiger partial charge is 0.323 e. The Kier molecular flexibility index (Phi) is 2.87. The molecular formula is C13H12N2O. The van der Waals surface area contributed by atoms with Gasteiger partial charge in [-0.1, -0.05) is 36.9 Å². The van der Waals surface area contributed by atoms with E-state index in [0.717, 1.165) is 16.5 Å². The number of amides is 2. The summed E-state index contributed by atoms with van der Waals surface area (Å²) in [5, 5.41) is 7.42. The van der Waals surface area contributed by atoms with Crippen molar-refractivity contribution in [2.45, 2.75) is 0 Å². The fourth-order valence-electron chi connectivity index (χ4n) is 1.53. The van der Waals surface area contributed by atoms with Gasteiger partial charge in [-0.3, -0.25) is 0 Å². The minimum absolute atomic E-state index is 0.287. The molecule has 0 aliphatic rings. The first-order valence-electron chi connectivity index (χ1n) is 4.97. The molecule has 0 radical (unpaired) electrons. The van der Waals surface area contributed by atoms with Gasteiger partial charge >= 0.3 is 6.03 Å². The number of carbonyl (C=O) groups is 1. The molecule has 0 bridgehead atoms. The first kappa shape index (κ1) is 10.2. The summed E-state index contributed by atoms with van der Waals surface area (Å²) in [6, 6.07) is 13.5. The SMILES string of the molecule is C=CNC(=O)Nc1ccc2ccccc2c1. The van der Waals surface area contributed by atoms with E-state index in [4.69, 9.17) is 0 Å². The zero-order valence-electron chi connectivity index (χ0n) is 8.73. The molecule has 0 aliphatic carbocycles. The second-order valence-electron chi connectivity index (χ2n) is 3.36. The fourth-order valence-corrected chi connectivity index (χ4v) is 1.53. The Bertz CT molecular complexity index is 534. The van der Waals surface area contributed by atoms with Crippen LogP contribution >= 0.6 is 0 Å². The molecule has 2 aromatic rings. The Balaban J connectivity index is 2.25. The maximum Gasteiger partial charge on any atom is 0.323 e. The Morgan fingerprint density at radius 1 is 1.12 bits per heavy atom. The highest BCUT2D eigenvalue weighted by Crippen LogP contribution is 2.18. The lowest BCUT2D eigenvalue weighted by Crippen LogP contribution is -2.23. The lowest BCUT2D eigenvalue weighted by Gasteiger charge is -2.05. The summed E-state index contributed by atoms with van der Waals surface area (Å²) in [6.45, 7) is 3.42. The number of fused-ring (bicyclic) bond motifs is 1. The van der Waals surface area contributed by atoms with Crippen molar-refractivity contribution in [2.24, 2.45) is 0 Å². The molecule has 0 unspecified atom stereocenters. The summed E-state index contributed by atoms with van der Waals surface area (Å²) in [6.07, 6.45) is 1.34. The van der Waals surface area contributed by atoms with Gasteiger partial charge in [0, 0.05) is 5.69 Å². The van der Waals surface area contributed by atoms with Crippen LogP contribution in [0.15, 0.2) is 55.2 Å². The molecule has 2 amide bonds. The number of carbonyl (C=O) groups excluding carboxylic acids is 1. The predicted molar refractivity (Wildman–Crippen MR) is 66.3 cm³/mol. The van der Waals surface area contributed by atoms with Gasteiger partial charge in [-0.25, -0.2) is 4.79 Å². The van der Waals surface area contributed by atoms with E-state index in [1.54, 1.807) is 0 Å². The molecule has 0 aliphatic heterocycles. The minimum atomic E-state index is -0.287. The third-order valence-corrected chi connectivity index (χ3v) is 2.24. The van der Waals surface area contributed by atoms with Gasteiger partial charge in [0.25, 0.3) is 0 Å². The number of anilines is 1. The van der Waals surface area contributed by atoms with Crippen molar-refractivity contribution in [1.29, 1.82) is 0 Å². The summed E-state index contributed by atoms with van der Waals surface area (Å²) in [4.78, 5) is 11.3. The number of urea groups is 1. The molecule has 0 aromatic heterocycles. The van der Waals surface area contributed by atoms with Crippen LogP contribution in [0.1, 0.15) is 0 Å². The van der Waals surface area contributed by atoms with E-state index >= 15 is 0 Å². The molecule has 0 heterocycles. The van der Waals surface area contributed by atoms with Gasteiger partial charge in [0.15, 0.2) is 0 Å². The number of nitrogens with one attached hydrogen (secondary N) is 2. The summed E-state index contributed by atoms with van der Waals surface area (Å²) in [5.41, 5.74) is 0.762. The molecule has 2 aromatic carbocycles. The quantitative estimate of drug-likeness (QED) is 0.789. The number of hydrogen-bond donors (Lipinski definition) is 2. The first-order chi connectivity index (χ1) is 7.79. The van der Waals surface area contributed by atoms with Crippen molar-refractivity contribution < 1.29 is 4.79 Å². The van der Waals surface area contributed by atoms with Crippen LogP contribution in [-0.2, 0) is 0 Å². The number of hydrogen-bond acceptors (Lipinski definition) is 1. The van der Waals surface area contributed by atoms with Crippen molar-refractivity contribution in [2.75, 3.05) is 5.32 Å². The molecule has 0 fully saturated rings. The lowest BCUT2D eigenvalue weighted by atomic mass is 10.1. The number of benzene rings is 2. The zero-order valence-corrected chi connectivity index (χ0v) is 8.73. The smallest absolute Gasteiger partial charge is 0.315 e. The highest BCUT2D eigenvalue weighted by Gasteiger charge is 1.99. The monoisotopic (exact) mass is 212 g/mol. The van der Waals surface area contributed by atoms with Gasteiger partial charge in [-0.15, -0.1) is 0 Å². The number of rotatable bonds is 2. The lowest BCUT2D eigenvalue weighted by molar-refractivity contribution is 0.255. The maximum atomic E-state index is 11.3. The van der Waals surface area contributed by atoms with Crippen LogP contribution < -0.4 is 10.6 Å². The molecule has 80 valence electrons. The normalized spacial score (nSPS) is 9.75. The van der Waals surface area contributed by atoms with E-state index in [1.165, 1.54) is 6.20 Å². The van der Waals surface area contributed by atoms with E-state index in [0.29, 0.717) is 0 Å². The van der Waals surface area contributed by atoms with Gasteiger partial charge in [0.2, 0.25) is 0 Å². The highest BCUT2D eigenvalue weighted by atomic mass is 16.2. The van der Waals surface area contributed by atoms with Gasteiger partial charge < -0.3 is 10.6 Å². The molecule has 3 heteroatoms. The van der Waals surface area contributed by atoms with Gasteiger partial charge in [-0.2, -0.15) is 0 Å². The van der Waals surface area contributed by atoms with Crippen LogP contribution in [0.3, 0.4) is 0 Å².